The van der Waals surface area contributed by atoms with Gasteiger partial charge in [0, 0.05) is 13.2 Å². The van der Waals surface area contributed by atoms with E-state index in [-0.39, 0.29) is 0 Å². The molecule has 2 heteroatoms. The molecule has 0 heterocycles. The highest BCUT2D eigenvalue weighted by Crippen LogP contribution is 2.04. The van der Waals surface area contributed by atoms with Gasteiger partial charge in [-0.15, -0.1) is 0 Å². The third kappa shape index (κ3) is 5.73. The molecule has 0 fully saturated rings. The Balaban J connectivity index is 0.000000791. The topological polar surface area (TPSA) is 46.2 Å². The number of aliphatic hydroxyl groups excluding tert-OH is 1. The fourth-order valence-corrected chi connectivity index (χ4v) is 1.20. The quantitative estimate of drug-likeness (QED) is 0.771. The van der Waals surface area contributed by atoms with Crippen LogP contribution in [0.2, 0.25) is 0 Å². The van der Waals surface area contributed by atoms with E-state index in [2.05, 4.69) is 31.2 Å². The number of rotatable bonds is 4. The lowest BCUT2D eigenvalue weighted by molar-refractivity contribution is 0.399. The van der Waals surface area contributed by atoms with Crippen LogP contribution in [-0.2, 0) is 6.42 Å². The van der Waals surface area contributed by atoms with Crippen LogP contribution in [-0.4, -0.2) is 18.3 Å². The highest BCUT2D eigenvalue weighted by Gasteiger charge is 1.98. The summed E-state index contributed by atoms with van der Waals surface area (Å²) in [5.74, 6) is 0. The van der Waals surface area contributed by atoms with Gasteiger partial charge in [-0.05, 0) is 24.8 Å². The lowest BCUT2D eigenvalue weighted by Gasteiger charge is -2.07. The lowest BCUT2D eigenvalue weighted by atomic mass is 10.0. The first kappa shape index (κ1) is 13.1. The van der Waals surface area contributed by atoms with Gasteiger partial charge in [0.15, 0.2) is 0 Å². The van der Waals surface area contributed by atoms with E-state index in [9.17, 15) is 0 Å². The maximum Gasteiger partial charge on any atom is 0.0319 e. The van der Waals surface area contributed by atoms with E-state index in [4.69, 9.17) is 10.8 Å². The maximum atomic E-state index is 7.00. The fraction of sp³-hybridized carbons (Fsp3) is 0.500. The van der Waals surface area contributed by atoms with E-state index in [1.54, 1.807) is 0 Å². The van der Waals surface area contributed by atoms with Gasteiger partial charge < -0.3 is 10.8 Å². The van der Waals surface area contributed by atoms with Crippen LogP contribution in [0.15, 0.2) is 30.3 Å². The monoisotopic (exact) mass is 195 g/mol. The standard InChI is InChI=1S/C11H17N.CH4O/c1-2-11(12)9-8-10-6-4-3-5-7-10;1-2/h3-7,11H,2,8-9,12H2,1H3;2H,1H3. The van der Waals surface area contributed by atoms with Gasteiger partial charge >= 0.3 is 0 Å². The smallest absolute Gasteiger partial charge is 0.0319 e. The van der Waals surface area contributed by atoms with Crippen LogP contribution < -0.4 is 5.73 Å². The van der Waals surface area contributed by atoms with Crippen molar-refractivity contribution >= 4 is 0 Å². The molecule has 1 unspecified atom stereocenters. The molecule has 0 aromatic heterocycles. The Morgan fingerprint density at radius 3 is 2.29 bits per heavy atom. The zero-order valence-electron chi connectivity index (χ0n) is 9.11. The molecule has 0 spiro atoms. The van der Waals surface area contributed by atoms with E-state index < -0.39 is 0 Å². The molecule has 0 saturated carbocycles. The van der Waals surface area contributed by atoms with Crippen LogP contribution >= 0.6 is 0 Å². The Bertz CT molecular complexity index is 211. The van der Waals surface area contributed by atoms with Gasteiger partial charge in [0.1, 0.15) is 0 Å². The minimum atomic E-state index is 0.366. The van der Waals surface area contributed by atoms with Crippen molar-refractivity contribution in [1.82, 2.24) is 0 Å². The highest BCUT2D eigenvalue weighted by atomic mass is 16.2. The number of nitrogens with two attached hydrogens (primary N) is 1. The van der Waals surface area contributed by atoms with E-state index >= 15 is 0 Å². The number of hydrogen-bond donors (Lipinski definition) is 2. The number of aliphatic hydroxyl groups is 1. The second-order valence-electron chi connectivity index (χ2n) is 3.19. The molecule has 0 aliphatic rings. The fourth-order valence-electron chi connectivity index (χ4n) is 1.20. The van der Waals surface area contributed by atoms with Crippen molar-refractivity contribution < 1.29 is 5.11 Å². The summed E-state index contributed by atoms with van der Waals surface area (Å²) in [6.07, 6.45) is 3.28. The predicted molar refractivity (Wildman–Crippen MR) is 61.2 cm³/mol. The van der Waals surface area contributed by atoms with E-state index in [0.29, 0.717) is 6.04 Å². The molecule has 1 rings (SSSR count). The summed E-state index contributed by atoms with van der Waals surface area (Å²) in [5, 5.41) is 7.00. The normalized spacial score (nSPS) is 11.4. The van der Waals surface area contributed by atoms with Crippen LogP contribution in [0.1, 0.15) is 25.3 Å². The van der Waals surface area contributed by atoms with Crippen molar-refractivity contribution in [3.05, 3.63) is 35.9 Å². The van der Waals surface area contributed by atoms with Crippen LogP contribution in [0.25, 0.3) is 0 Å². The highest BCUT2D eigenvalue weighted by molar-refractivity contribution is 5.14. The lowest BCUT2D eigenvalue weighted by Crippen LogP contribution is -2.18. The van der Waals surface area contributed by atoms with Gasteiger partial charge in [0.25, 0.3) is 0 Å². The van der Waals surface area contributed by atoms with E-state index in [1.807, 2.05) is 6.07 Å². The molecule has 2 nitrogen and oxygen atoms in total. The zero-order valence-corrected chi connectivity index (χ0v) is 9.11. The van der Waals surface area contributed by atoms with Gasteiger partial charge in [-0.2, -0.15) is 0 Å². The maximum absolute atomic E-state index is 7.00. The van der Waals surface area contributed by atoms with Gasteiger partial charge in [0.05, 0.1) is 0 Å². The van der Waals surface area contributed by atoms with Crippen LogP contribution in [0, 0.1) is 0 Å². The first-order chi connectivity index (χ1) is 6.83. The number of hydrogen-bond acceptors (Lipinski definition) is 2. The van der Waals surface area contributed by atoms with Crippen molar-refractivity contribution in [3.8, 4) is 0 Å². The first-order valence-electron chi connectivity index (χ1n) is 5.07. The van der Waals surface area contributed by atoms with Gasteiger partial charge in [0.2, 0.25) is 0 Å². The molecule has 0 saturated heterocycles. The molecule has 0 aliphatic carbocycles. The molecule has 80 valence electrons. The molecule has 0 amide bonds. The van der Waals surface area contributed by atoms with Crippen LogP contribution in [0.5, 0.6) is 0 Å². The summed E-state index contributed by atoms with van der Waals surface area (Å²) in [6.45, 7) is 2.13. The average Bonchev–Trinajstić information content (AvgIpc) is 2.30. The molecular weight excluding hydrogens is 174 g/mol. The average molecular weight is 195 g/mol. The SMILES string of the molecule is CCC(N)CCc1ccccc1.CO. The van der Waals surface area contributed by atoms with Gasteiger partial charge in [-0.3, -0.25) is 0 Å². The van der Waals surface area contributed by atoms with Crippen molar-refractivity contribution in [2.45, 2.75) is 32.2 Å². The Morgan fingerprint density at radius 1 is 1.21 bits per heavy atom. The zero-order chi connectivity index (χ0) is 10.8. The predicted octanol–water partition coefficient (Wildman–Crippen LogP) is 1.97. The number of benzene rings is 1. The van der Waals surface area contributed by atoms with Gasteiger partial charge in [-0.1, -0.05) is 37.3 Å². The minimum Gasteiger partial charge on any atom is -0.400 e. The molecule has 0 aliphatic heterocycles. The molecule has 0 radical (unpaired) electrons. The van der Waals surface area contributed by atoms with E-state index in [1.165, 1.54) is 5.56 Å². The summed E-state index contributed by atoms with van der Waals surface area (Å²) < 4.78 is 0. The second-order valence-corrected chi connectivity index (χ2v) is 3.19. The summed E-state index contributed by atoms with van der Waals surface area (Å²) >= 11 is 0. The second kappa shape index (κ2) is 8.73. The summed E-state index contributed by atoms with van der Waals surface area (Å²) in [6, 6.07) is 10.9. The largest absolute Gasteiger partial charge is 0.400 e. The molecule has 0 bridgehead atoms. The third-order valence-electron chi connectivity index (χ3n) is 2.17. The molecule has 1 atom stereocenters. The molecule has 1 aromatic carbocycles. The Labute approximate surface area is 86.8 Å². The van der Waals surface area contributed by atoms with E-state index in [0.717, 1.165) is 26.4 Å². The summed E-state index contributed by atoms with van der Waals surface area (Å²) in [4.78, 5) is 0. The molecule has 1 aromatic rings. The van der Waals surface area contributed by atoms with Crippen molar-refractivity contribution in [2.75, 3.05) is 7.11 Å². The molecule has 3 N–H and O–H groups in total. The van der Waals surface area contributed by atoms with Crippen molar-refractivity contribution in [2.24, 2.45) is 5.73 Å². The minimum absolute atomic E-state index is 0.366. The summed E-state index contributed by atoms with van der Waals surface area (Å²) in [7, 11) is 1.00. The van der Waals surface area contributed by atoms with Crippen LogP contribution in [0.3, 0.4) is 0 Å². The Kier molecular flexibility index (Phi) is 8.19. The molecular formula is C12H21NO. The Hall–Kier alpha value is -0.860. The van der Waals surface area contributed by atoms with Gasteiger partial charge in [-0.25, -0.2) is 0 Å². The Morgan fingerprint density at radius 2 is 1.79 bits per heavy atom. The third-order valence-corrected chi connectivity index (χ3v) is 2.17. The van der Waals surface area contributed by atoms with Crippen LogP contribution in [0.4, 0.5) is 0 Å². The summed E-state index contributed by atoms with van der Waals surface area (Å²) in [5.41, 5.74) is 7.21. The van der Waals surface area contributed by atoms with Crippen molar-refractivity contribution in [3.63, 3.8) is 0 Å². The number of aryl methyl sites for hydroxylation is 1. The molecule has 14 heavy (non-hydrogen) atoms. The van der Waals surface area contributed by atoms with Crippen molar-refractivity contribution in [1.29, 1.82) is 0 Å². The first-order valence-corrected chi connectivity index (χ1v) is 5.07.